The van der Waals surface area contributed by atoms with Crippen LogP contribution >= 0.6 is 27.3 Å². The van der Waals surface area contributed by atoms with E-state index in [4.69, 9.17) is 4.74 Å². The molecule has 1 nitrogen and oxygen atoms in total. The van der Waals surface area contributed by atoms with Gasteiger partial charge in [-0.2, -0.15) is 0 Å². The molecular weight excluding hydrogens is 272 g/mol. The smallest absolute Gasteiger partial charge is 0.0813 e. The topological polar surface area (TPSA) is 9.23 Å². The Hall–Kier alpha value is 0.140. The van der Waals surface area contributed by atoms with Gasteiger partial charge in [-0.25, -0.2) is 0 Å². The quantitative estimate of drug-likeness (QED) is 0.789. The van der Waals surface area contributed by atoms with Crippen LogP contribution in [0, 0.1) is 5.92 Å². The zero-order valence-corrected chi connectivity index (χ0v) is 11.4. The average molecular weight is 289 g/mol. The standard InChI is InChI=1S/C12H17BrOS/c1-9-4-2-3-5-11(9)14-8-10-6-7-12(13)15-10/h6-7,9,11H,2-5,8H2,1H3. The molecule has 2 unspecified atom stereocenters. The molecule has 0 bridgehead atoms. The highest BCUT2D eigenvalue weighted by molar-refractivity contribution is 9.11. The molecule has 0 aromatic carbocycles. The van der Waals surface area contributed by atoms with E-state index in [0.717, 1.165) is 12.5 Å². The second-order valence-electron chi connectivity index (χ2n) is 4.32. The van der Waals surface area contributed by atoms with Gasteiger partial charge in [0, 0.05) is 4.88 Å². The Morgan fingerprint density at radius 2 is 2.20 bits per heavy atom. The van der Waals surface area contributed by atoms with Crippen molar-refractivity contribution in [2.75, 3.05) is 0 Å². The molecule has 3 heteroatoms. The van der Waals surface area contributed by atoms with Gasteiger partial charge in [0.15, 0.2) is 0 Å². The third kappa shape index (κ3) is 3.30. The summed E-state index contributed by atoms with van der Waals surface area (Å²) in [6.45, 7) is 3.10. The molecule has 15 heavy (non-hydrogen) atoms. The molecular formula is C12H17BrOS. The predicted molar refractivity (Wildman–Crippen MR) is 68.2 cm³/mol. The van der Waals surface area contributed by atoms with Crippen molar-refractivity contribution < 1.29 is 4.74 Å². The van der Waals surface area contributed by atoms with Crippen molar-refractivity contribution in [1.82, 2.24) is 0 Å². The van der Waals surface area contributed by atoms with Crippen molar-refractivity contribution in [3.05, 3.63) is 20.8 Å². The molecule has 84 valence electrons. The van der Waals surface area contributed by atoms with Crippen molar-refractivity contribution >= 4 is 27.3 Å². The zero-order valence-electron chi connectivity index (χ0n) is 9.04. The van der Waals surface area contributed by atoms with Crippen molar-refractivity contribution in [2.24, 2.45) is 5.92 Å². The average Bonchev–Trinajstić information content (AvgIpc) is 2.63. The monoisotopic (exact) mass is 288 g/mol. The number of ether oxygens (including phenoxy) is 1. The summed E-state index contributed by atoms with van der Waals surface area (Å²) in [5.41, 5.74) is 0. The van der Waals surface area contributed by atoms with E-state index in [1.165, 1.54) is 34.3 Å². The van der Waals surface area contributed by atoms with Crippen LogP contribution in [0.25, 0.3) is 0 Å². The molecule has 1 heterocycles. The number of hydrogen-bond acceptors (Lipinski definition) is 2. The predicted octanol–water partition coefficient (Wildman–Crippen LogP) is 4.61. The van der Waals surface area contributed by atoms with E-state index < -0.39 is 0 Å². The van der Waals surface area contributed by atoms with Crippen LogP contribution in [-0.4, -0.2) is 6.10 Å². The molecule has 1 aromatic heterocycles. The first-order valence-electron chi connectivity index (χ1n) is 5.61. The Morgan fingerprint density at radius 1 is 1.40 bits per heavy atom. The van der Waals surface area contributed by atoms with Gasteiger partial charge in [-0.15, -0.1) is 11.3 Å². The summed E-state index contributed by atoms with van der Waals surface area (Å²) in [7, 11) is 0. The minimum absolute atomic E-state index is 0.486. The van der Waals surface area contributed by atoms with Gasteiger partial charge >= 0.3 is 0 Å². The highest BCUT2D eigenvalue weighted by atomic mass is 79.9. The SMILES string of the molecule is CC1CCCCC1OCc1ccc(Br)s1. The molecule has 1 saturated carbocycles. The summed E-state index contributed by atoms with van der Waals surface area (Å²) in [5, 5.41) is 0. The Kier molecular flexibility index (Phi) is 4.23. The summed E-state index contributed by atoms with van der Waals surface area (Å²) in [5.74, 6) is 0.738. The van der Waals surface area contributed by atoms with Crippen LogP contribution < -0.4 is 0 Å². The number of halogens is 1. The van der Waals surface area contributed by atoms with Gasteiger partial charge in [-0.05, 0) is 46.8 Å². The Balaban J connectivity index is 1.81. The maximum Gasteiger partial charge on any atom is 0.0813 e. The Bertz CT molecular complexity index is 310. The lowest BCUT2D eigenvalue weighted by Gasteiger charge is -2.28. The highest BCUT2D eigenvalue weighted by Gasteiger charge is 2.21. The third-order valence-electron chi connectivity index (χ3n) is 3.10. The summed E-state index contributed by atoms with van der Waals surface area (Å²) >= 11 is 5.24. The van der Waals surface area contributed by atoms with Gasteiger partial charge in [0.25, 0.3) is 0 Å². The van der Waals surface area contributed by atoms with Crippen LogP contribution in [0.1, 0.15) is 37.5 Å². The Morgan fingerprint density at radius 3 is 2.87 bits per heavy atom. The van der Waals surface area contributed by atoms with Crippen molar-refractivity contribution in [3.8, 4) is 0 Å². The molecule has 1 aromatic rings. The first kappa shape index (κ1) is 11.6. The molecule has 0 amide bonds. The maximum atomic E-state index is 5.98. The molecule has 0 spiro atoms. The third-order valence-corrected chi connectivity index (χ3v) is 4.70. The molecule has 0 radical (unpaired) electrons. The van der Waals surface area contributed by atoms with E-state index >= 15 is 0 Å². The normalized spacial score (nSPS) is 26.8. The van der Waals surface area contributed by atoms with Crippen LogP contribution in [-0.2, 0) is 11.3 Å². The van der Waals surface area contributed by atoms with Crippen molar-refractivity contribution in [3.63, 3.8) is 0 Å². The van der Waals surface area contributed by atoms with E-state index in [0.29, 0.717) is 6.10 Å². The molecule has 1 fully saturated rings. The summed E-state index contributed by atoms with van der Waals surface area (Å²) in [6, 6.07) is 4.23. The van der Waals surface area contributed by atoms with Gasteiger partial charge in [0.1, 0.15) is 0 Å². The minimum atomic E-state index is 0.486. The van der Waals surface area contributed by atoms with E-state index in [9.17, 15) is 0 Å². The van der Waals surface area contributed by atoms with Gasteiger partial charge in [0.2, 0.25) is 0 Å². The minimum Gasteiger partial charge on any atom is -0.372 e. The van der Waals surface area contributed by atoms with Crippen LogP contribution in [0.2, 0.25) is 0 Å². The number of hydrogen-bond donors (Lipinski definition) is 0. The second-order valence-corrected chi connectivity index (χ2v) is 6.86. The lowest BCUT2D eigenvalue weighted by Crippen LogP contribution is -2.25. The van der Waals surface area contributed by atoms with Crippen LogP contribution in [0.4, 0.5) is 0 Å². The van der Waals surface area contributed by atoms with Crippen LogP contribution in [0.5, 0.6) is 0 Å². The van der Waals surface area contributed by atoms with Crippen molar-refractivity contribution in [2.45, 2.75) is 45.3 Å². The molecule has 0 aliphatic heterocycles. The molecule has 0 N–H and O–H groups in total. The molecule has 0 saturated heterocycles. The fourth-order valence-corrected chi connectivity index (χ4v) is 3.55. The number of thiophene rings is 1. The molecule has 2 rings (SSSR count). The van der Waals surface area contributed by atoms with E-state index in [2.05, 4.69) is 35.0 Å². The zero-order chi connectivity index (χ0) is 10.7. The van der Waals surface area contributed by atoms with E-state index in [1.54, 1.807) is 11.3 Å². The van der Waals surface area contributed by atoms with Gasteiger partial charge in [-0.3, -0.25) is 0 Å². The molecule has 1 aliphatic carbocycles. The fourth-order valence-electron chi connectivity index (χ4n) is 2.15. The molecule has 2 atom stereocenters. The first-order chi connectivity index (χ1) is 7.25. The van der Waals surface area contributed by atoms with Crippen LogP contribution in [0.3, 0.4) is 0 Å². The lowest BCUT2D eigenvalue weighted by molar-refractivity contribution is -0.0143. The van der Waals surface area contributed by atoms with Crippen molar-refractivity contribution in [1.29, 1.82) is 0 Å². The first-order valence-corrected chi connectivity index (χ1v) is 7.22. The van der Waals surface area contributed by atoms with E-state index in [1.807, 2.05) is 0 Å². The van der Waals surface area contributed by atoms with E-state index in [-0.39, 0.29) is 0 Å². The second kappa shape index (κ2) is 5.46. The fraction of sp³-hybridized carbons (Fsp3) is 0.667. The Labute approximate surface area is 104 Å². The maximum absolute atomic E-state index is 5.98. The lowest BCUT2D eigenvalue weighted by atomic mass is 9.88. The number of rotatable bonds is 3. The summed E-state index contributed by atoms with van der Waals surface area (Å²) in [4.78, 5) is 1.32. The molecule has 1 aliphatic rings. The largest absolute Gasteiger partial charge is 0.372 e. The van der Waals surface area contributed by atoms with Gasteiger partial charge in [0.05, 0.1) is 16.5 Å². The van der Waals surface area contributed by atoms with Crippen LogP contribution in [0.15, 0.2) is 15.9 Å². The summed E-state index contributed by atoms with van der Waals surface area (Å²) in [6.07, 6.45) is 5.78. The summed E-state index contributed by atoms with van der Waals surface area (Å²) < 4.78 is 7.18. The van der Waals surface area contributed by atoms with Gasteiger partial charge < -0.3 is 4.74 Å². The highest BCUT2D eigenvalue weighted by Crippen LogP contribution is 2.28. The van der Waals surface area contributed by atoms with Gasteiger partial charge in [-0.1, -0.05) is 19.8 Å².